The monoisotopic (exact) mass is 323 g/mol. The van der Waals surface area contributed by atoms with Gasteiger partial charge in [0.15, 0.2) is 0 Å². The SMILES string of the molecule is CCCC(NCC(=O)NC(=O)Nc1ccc(OC)cc1)C(=O)O. The number of hydrogen-bond acceptors (Lipinski definition) is 5. The number of carboxylic acids is 1. The molecule has 0 aliphatic rings. The average molecular weight is 323 g/mol. The topological polar surface area (TPSA) is 117 Å². The van der Waals surface area contributed by atoms with Crippen LogP contribution in [0, 0.1) is 0 Å². The first-order valence-corrected chi connectivity index (χ1v) is 7.17. The third kappa shape index (κ3) is 6.79. The number of rotatable bonds is 8. The summed E-state index contributed by atoms with van der Waals surface area (Å²) in [5.74, 6) is -0.993. The van der Waals surface area contributed by atoms with Gasteiger partial charge in [0, 0.05) is 5.69 Å². The lowest BCUT2D eigenvalue weighted by atomic mass is 10.2. The van der Waals surface area contributed by atoms with Crippen molar-refractivity contribution in [1.82, 2.24) is 10.6 Å². The number of carbonyl (C=O) groups excluding carboxylic acids is 2. The molecule has 0 aliphatic heterocycles. The smallest absolute Gasteiger partial charge is 0.325 e. The van der Waals surface area contributed by atoms with Gasteiger partial charge < -0.3 is 15.2 Å². The molecule has 1 atom stereocenters. The van der Waals surface area contributed by atoms with Crippen molar-refractivity contribution in [2.75, 3.05) is 19.0 Å². The van der Waals surface area contributed by atoms with Crippen molar-refractivity contribution in [3.63, 3.8) is 0 Å². The normalized spacial score (nSPS) is 11.4. The number of carboxylic acid groups (broad SMARTS) is 1. The van der Waals surface area contributed by atoms with Crippen LogP contribution < -0.4 is 20.7 Å². The Balaban J connectivity index is 2.40. The zero-order valence-corrected chi connectivity index (χ0v) is 13.1. The van der Waals surface area contributed by atoms with E-state index in [-0.39, 0.29) is 6.54 Å². The summed E-state index contributed by atoms with van der Waals surface area (Å²) in [5, 5.41) is 16.2. The molecule has 1 unspecified atom stereocenters. The minimum Gasteiger partial charge on any atom is -0.497 e. The van der Waals surface area contributed by atoms with Crippen LogP contribution >= 0.6 is 0 Å². The van der Waals surface area contributed by atoms with E-state index >= 15 is 0 Å². The number of ether oxygens (including phenoxy) is 1. The van der Waals surface area contributed by atoms with Gasteiger partial charge >= 0.3 is 12.0 Å². The molecule has 3 amide bonds. The van der Waals surface area contributed by atoms with Gasteiger partial charge in [-0.1, -0.05) is 13.3 Å². The molecule has 0 aliphatic carbocycles. The van der Waals surface area contributed by atoms with Crippen molar-refractivity contribution in [2.45, 2.75) is 25.8 Å². The highest BCUT2D eigenvalue weighted by Gasteiger charge is 2.17. The zero-order chi connectivity index (χ0) is 17.2. The van der Waals surface area contributed by atoms with Crippen LogP contribution in [0.3, 0.4) is 0 Å². The molecule has 0 bridgehead atoms. The van der Waals surface area contributed by atoms with Gasteiger partial charge in [-0.25, -0.2) is 4.79 Å². The first-order chi connectivity index (χ1) is 11.0. The van der Waals surface area contributed by atoms with Crippen LogP contribution in [0.15, 0.2) is 24.3 Å². The Morgan fingerprint density at radius 2 is 1.87 bits per heavy atom. The molecule has 1 aromatic rings. The number of amides is 3. The van der Waals surface area contributed by atoms with Gasteiger partial charge in [-0.15, -0.1) is 0 Å². The van der Waals surface area contributed by atoms with E-state index in [1.54, 1.807) is 24.3 Å². The average Bonchev–Trinajstić information content (AvgIpc) is 2.51. The molecule has 23 heavy (non-hydrogen) atoms. The second kappa shape index (κ2) is 9.42. The highest BCUT2D eigenvalue weighted by molar-refractivity contribution is 6.01. The van der Waals surface area contributed by atoms with Gasteiger partial charge in [-0.2, -0.15) is 0 Å². The van der Waals surface area contributed by atoms with Crippen LogP contribution in [-0.2, 0) is 9.59 Å². The Hall–Kier alpha value is -2.61. The third-order valence-corrected chi connectivity index (χ3v) is 2.99. The van der Waals surface area contributed by atoms with Crippen LogP contribution in [0.2, 0.25) is 0 Å². The Morgan fingerprint density at radius 3 is 2.39 bits per heavy atom. The van der Waals surface area contributed by atoms with E-state index in [9.17, 15) is 14.4 Å². The summed E-state index contributed by atoms with van der Waals surface area (Å²) < 4.78 is 4.99. The van der Waals surface area contributed by atoms with E-state index < -0.39 is 23.9 Å². The number of urea groups is 1. The first-order valence-electron chi connectivity index (χ1n) is 7.17. The fourth-order valence-corrected chi connectivity index (χ4v) is 1.82. The van der Waals surface area contributed by atoms with E-state index in [2.05, 4.69) is 16.0 Å². The van der Waals surface area contributed by atoms with Crippen molar-refractivity contribution in [3.8, 4) is 5.75 Å². The quantitative estimate of drug-likeness (QED) is 0.571. The molecule has 0 radical (unpaired) electrons. The van der Waals surface area contributed by atoms with Crippen LogP contribution in [-0.4, -0.2) is 42.7 Å². The maximum atomic E-state index is 11.7. The molecule has 0 saturated carbocycles. The molecule has 126 valence electrons. The first kappa shape index (κ1) is 18.4. The van der Waals surface area contributed by atoms with Crippen molar-refractivity contribution in [1.29, 1.82) is 0 Å². The van der Waals surface area contributed by atoms with E-state index in [1.165, 1.54) is 7.11 Å². The summed E-state index contributed by atoms with van der Waals surface area (Å²) in [4.78, 5) is 34.2. The number of anilines is 1. The molecule has 0 saturated heterocycles. The molecule has 0 aromatic heterocycles. The largest absolute Gasteiger partial charge is 0.497 e. The van der Waals surface area contributed by atoms with Crippen molar-refractivity contribution in [3.05, 3.63) is 24.3 Å². The summed E-state index contributed by atoms with van der Waals surface area (Å²) in [7, 11) is 1.53. The molecule has 0 spiro atoms. The Bertz CT molecular complexity index is 545. The fourth-order valence-electron chi connectivity index (χ4n) is 1.82. The summed E-state index contributed by atoms with van der Waals surface area (Å²) in [5.41, 5.74) is 0.499. The summed E-state index contributed by atoms with van der Waals surface area (Å²) in [6.07, 6.45) is 1.07. The summed E-state index contributed by atoms with van der Waals surface area (Å²) >= 11 is 0. The zero-order valence-electron chi connectivity index (χ0n) is 13.1. The number of nitrogens with one attached hydrogen (secondary N) is 3. The van der Waals surface area contributed by atoms with Gasteiger partial charge in [-0.3, -0.25) is 20.2 Å². The number of carbonyl (C=O) groups is 3. The molecule has 0 heterocycles. The van der Waals surface area contributed by atoms with Gasteiger partial charge in [0.05, 0.1) is 13.7 Å². The van der Waals surface area contributed by atoms with Crippen molar-refractivity contribution in [2.24, 2.45) is 0 Å². The maximum absolute atomic E-state index is 11.7. The van der Waals surface area contributed by atoms with E-state index in [1.807, 2.05) is 6.92 Å². The number of benzene rings is 1. The van der Waals surface area contributed by atoms with Crippen molar-refractivity contribution >= 4 is 23.6 Å². The molecular formula is C15H21N3O5. The second-order valence-corrected chi connectivity index (χ2v) is 4.79. The van der Waals surface area contributed by atoms with E-state index in [0.29, 0.717) is 24.3 Å². The lowest BCUT2D eigenvalue weighted by Crippen LogP contribution is -2.45. The highest BCUT2D eigenvalue weighted by atomic mass is 16.5. The Labute approximate surface area is 134 Å². The van der Waals surface area contributed by atoms with Gasteiger partial charge in [0.2, 0.25) is 5.91 Å². The third-order valence-electron chi connectivity index (χ3n) is 2.99. The molecule has 0 fully saturated rings. The molecule has 8 nitrogen and oxygen atoms in total. The number of imide groups is 1. The molecule has 1 aromatic carbocycles. The highest BCUT2D eigenvalue weighted by Crippen LogP contribution is 2.14. The van der Waals surface area contributed by atoms with E-state index in [4.69, 9.17) is 9.84 Å². The fraction of sp³-hybridized carbons (Fsp3) is 0.400. The Kier molecular flexibility index (Phi) is 7.55. The molecule has 8 heteroatoms. The summed E-state index contributed by atoms with van der Waals surface area (Å²) in [6.45, 7) is 1.59. The Morgan fingerprint density at radius 1 is 1.22 bits per heavy atom. The van der Waals surface area contributed by atoms with Crippen LogP contribution in [0.4, 0.5) is 10.5 Å². The van der Waals surface area contributed by atoms with E-state index in [0.717, 1.165) is 0 Å². The summed E-state index contributed by atoms with van der Waals surface area (Å²) in [6, 6.07) is 5.09. The lowest BCUT2D eigenvalue weighted by Gasteiger charge is -2.13. The van der Waals surface area contributed by atoms with Crippen LogP contribution in [0.1, 0.15) is 19.8 Å². The number of aliphatic carboxylic acids is 1. The molecule has 4 N–H and O–H groups in total. The molecule has 1 rings (SSSR count). The minimum atomic E-state index is -1.03. The van der Waals surface area contributed by atoms with Gasteiger partial charge in [0.1, 0.15) is 11.8 Å². The molecular weight excluding hydrogens is 302 g/mol. The van der Waals surface area contributed by atoms with Gasteiger partial charge in [0.25, 0.3) is 0 Å². The number of hydrogen-bond donors (Lipinski definition) is 4. The lowest BCUT2D eigenvalue weighted by molar-refractivity contribution is -0.139. The maximum Gasteiger partial charge on any atom is 0.325 e. The van der Waals surface area contributed by atoms with Crippen LogP contribution in [0.25, 0.3) is 0 Å². The second-order valence-electron chi connectivity index (χ2n) is 4.79. The standard InChI is InChI=1S/C15H21N3O5/c1-3-4-12(14(20)21)16-9-13(19)18-15(22)17-10-5-7-11(23-2)8-6-10/h5-8,12,16H,3-4,9H2,1-2H3,(H,20,21)(H2,17,18,19,22). The predicted octanol–water partition coefficient (Wildman–Crippen LogP) is 1.19. The van der Waals surface area contributed by atoms with Crippen molar-refractivity contribution < 1.29 is 24.2 Å². The van der Waals surface area contributed by atoms with Gasteiger partial charge in [-0.05, 0) is 30.7 Å². The number of methoxy groups -OCH3 is 1. The predicted molar refractivity (Wildman–Crippen MR) is 84.5 cm³/mol. The minimum absolute atomic E-state index is 0.257. The van der Waals surface area contributed by atoms with Crippen LogP contribution in [0.5, 0.6) is 5.75 Å².